The first-order chi connectivity index (χ1) is 10.2. The van der Waals surface area contributed by atoms with E-state index in [2.05, 4.69) is 0 Å². The van der Waals surface area contributed by atoms with Crippen molar-refractivity contribution in [2.75, 3.05) is 13.2 Å². The van der Waals surface area contributed by atoms with E-state index in [1.165, 1.54) is 0 Å². The molecule has 0 amide bonds. The van der Waals surface area contributed by atoms with Gasteiger partial charge in [0.2, 0.25) is 0 Å². The number of benzene rings is 2. The van der Waals surface area contributed by atoms with Crippen molar-refractivity contribution < 1.29 is 15.0 Å². The Hall–Kier alpha value is -2.17. The van der Waals surface area contributed by atoms with Crippen LogP contribution in [0.15, 0.2) is 54.6 Å². The Kier molecular flexibility index (Phi) is 5.49. The number of carboxylic acid groups (broad SMARTS) is 1. The highest BCUT2D eigenvalue weighted by Gasteiger charge is 2.13. The number of nitrogens with zero attached hydrogens (tertiary/aromatic N) is 1. The van der Waals surface area contributed by atoms with Crippen molar-refractivity contribution in [1.82, 2.24) is 4.90 Å². The van der Waals surface area contributed by atoms with Crippen molar-refractivity contribution in [3.05, 3.63) is 71.3 Å². The number of hydrogen-bond acceptors (Lipinski definition) is 3. The molecule has 110 valence electrons. The van der Waals surface area contributed by atoms with Gasteiger partial charge in [0.1, 0.15) is 0 Å². The largest absolute Gasteiger partial charge is 0.478 e. The molecule has 0 fully saturated rings. The van der Waals surface area contributed by atoms with E-state index in [4.69, 9.17) is 0 Å². The van der Waals surface area contributed by atoms with Gasteiger partial charge in [-0.2, -0.15) is 0 Å². The molecule has 0 saturated heterocycles. The summed E-state index contributed by atoms with van der Waals surface area (Å²) in [4.78, 5) is 13.3. The highest BCUT2D eigenvalue weighted by molar-refractivity contribution is 5.89. The van der Waals surface area contributed by atoms with Gasteiger partial charge < -0.3 is 10.2 Å². The lowest BCUT2D eigenvalue weighted by Crippen LogP contribution is -2.27. The molecule has 0 aliphatic rings. The lowest BCUT2D eigenvalue weighted by molar-refractivity contribution is 0.0694. The van der Waals surface area contributed by atoms with Crippen LogP contribution in [0.25, 0.3) is 0 Å². The molecule has 21 heavy (non-hydrogen) atoms. The van der Waals surface area contributed by atoms with Crippen molar-refractivity contribution in [3.8, 4) is 0 Å². The predicted molar refractivity (Wildman–Crippen MR) is 81.0 cm³/mol. The topological polar surface area (TPSA) is 60.8 Å². The first kappa shape index (κ1) is 15.2. The van der Waals surface area contributed by atoms with Crippen LogP contribution in [0.5, 0.6) is 0 Å². The van der Waals surface area contributed by atoms with E-state index in [0.717, 1.165) is 11.1 Å². The van der Waals surface area contributed by atoms with E-state index in [9.17, 15) is 15.0 Å². The van der Waals surface area contributed by atoms with Gasteiger partial charge in [0.15, 0.2) is 0 Å². The van der Waals surface area contributed by atoms with Gasteiger partial charge in [-0.25, -0.2) is 4.79 Å². The fourth-order valence-electron chi connectivity index (χ4n) is 2.30. The van der Waals surface area contributed by atoms with Gasteiger partial charge in [-0.3, -0.25) is 4.90 Å². The Labute approximate surface area is 124 Å². The maximum absolute atomic E-state index is 11.3. The number of aromatic carboxylic acids is 1. The van der Waals surface area contributed by atoms with Gasteiger partial charge in [-0.15, -0.1) is 0 Å². The zero-order valence-corrected chi connectivity index (χ0v) is 11.8. The Morgan fingerprint density at radius 2 is 1.62 bits per heavy atom. The second kappa shape index (κ2) is 7.57. The van der Waals surface area contributed by atoms with Gasteiger partial charge in [-0.05, 0) is 17.2 Å². The van der Waals surface area contributed by atoms with Gasteiger partial charge >= 0.3 is 5.97 Å². The maximum Gasteiger partial charge on any atom is 0.336 e. The summed E-state index contributed by atoms with van der Waals surface area (Å²) in [6.07, 6.45) is 0. The first-order valence-corrected chi connectivity index (χ1v) is 6.89. The van der Waals surface area contributed by atoms with Crippen LogP contribution >= 0.6 is 0 Å². The summed E-state index contributed by atoms with van der Waals surface area (Å²) in [5.41, 5.74) is 2.21. The highest BCUT2D eigenvalue weighted by Crippen LogP contribution is 2.14. The van der Waals surface area contributed by atoms with Crippen LogP contribution in [0.1, 0.15) is 21.5 Å². The average molecular weight is 285 g/mol. The molecule has 0 unspecified atom stereocenters. The molecular weight excluding hydrogens is 266 g/mol. The normalized spacial score (nSPS) is 10.8. The van der Waals surface area contributed by atoms with E-state index in [1.807, 2.05) is 47.4 Å². The summed E-state index contributed by atoms with van der Waals surface area (Å²) in [6.45, 7) is 1.72. The zero-order chi connectivity index (χ0) is 15.1. The minimum absolute atomic E-state index is 0.0437. The lowest BCUT2D eigenvalue weighted by Gasteiger charge is -2.22. The maximum atomic E-state index is 11.3. The van der Waals surface area contributed by atoms with Crippen LogP contribution in [0.4, 0.5) is 0 Å². The number of aliphatic hydroxyl groups is 1. The number of rotatable bonds is 7. The molecule has 0 aliphatic carbocycles. The summed E-state index contributed by atoms with van der Waals surface area (Å²) in [6, 6.07) is 16.9. The molecule has 0 radical (unpaired) electrons. The molecule has 0 aromatic heterocycles. The molecular formula is C17H19NO3. The molecule has 0 spiro atoms. The lowest BCUT2D eigenvalue weighted by atomic mass is 10.1. The van der Waals surface area contributed by atoms with Crippen LogP contribution < -0.4 is 0 Å². The van der Waals surface area contributed by atoms with E-state index >= 15 is 0 Å². The molecule has 2 aromatic carbocycles. The Bertz CT molecular complexity index is 584. The van der Waals surface area contributed by atoms with Crippen LogP contribution in [0, 0.1) is 0 Å². The Balaban J connectivity index is 2.15. The van der Waals surface area contributed by atoms with E-state index in [1.54, 1.807) is 12.1 Å². The molecule has 4 heteroatoms. The van der Waals surface area contributed by atoms with Crippen molar-refractivity contribution >= 4 is 5.97 Å². The summed E-state index contributed by atoms with van der Waals surface area (Å²) in [5, 5.41) is 18.4. The first-order valence-electron chi connectivity index (χ1n) is 6.89. The standard InChI is InChI=1S/C17H19NO3/c19-11-10-18(12-14-6-2-1-3-7-14)13-15-8-4-5-9-16(15)17(20)21/h1-9,19H,10-13H2,(H,20,21). The monoisotopic (exact) mass is 285 g/mol. The van der Waals surface area contributed by atoms with Gasteiger partial charge in [0, 0.05) is 19.6 Å². The minimum atomic E-state index is -0.922. The number of carboxylic acids is 1. The molecule has 2 N–H and O–H groups in total. The SMILES string of the molecule is O=C(O)c1ccccc1CN(CCO)Cc1ccccc1. The van der Waals surface area contributed by atoms with E-state index in [-0.39, 0.29) is 6.61 Å². The summed E-state index contributed by atoms with van der Waals surface area (Å²) < 4.78 is 0. The van der Waals surface area contributed by atoms with Crippen LogP contribution in [0.2, 0.25) is 0 Å². The molecule has 0 saturated carbocycles. The van der Waals surface area contributed by atoms with Crippen molar-refractivity contribution in [2.45, 2.75) is 13.1 Å². The second-order valence-electron chi connectivity index (χ2n) is 4.88. The third-order valence-electron chi connectivity index (χ3n) is 3.31. The molecule has 2 rings (SSSR count). The van der Waals surface area contributed by atoms with Crippen LogP contribution in [0.3, 0.4) is 0 Å². The summed E-state index contributed by atoms with van der Waals surface area (Å²) >= 11 is 0. The van der Waals surface area contributed by atoms with Gasteiger partial charge in [-0.1, -0.05) is 48.5 Å². The Morgan fingerprint density at radius 3 is 2.29 bits per heavy atom. The number of aliphatic hydroxyl groups excluding tert-OH is 1. The molecule has 0 atom stereocenters. The number of hydrogen-bond donors (Lipinski definition) is 2. The smallest absolute Gasteiger partial charge is 0.336 e. The molecule has 2 aromatic rings. The molecule has 0 bridgehead atoms. The van der Waals surface area contributed by atoms with Crippen molar-refractivity contribution in [1.29, 1.82) is 0 Å². The second-order valence-corrected chi connectivity index (χ2v) is 4.88. The third-order valence-corrected chi connectivity index (χ3v) is 3.31. The summed E-state index contributed by atoms with van der Waals surface area (Å²) in [7, 11) is 0. The van der Waals surface area contributed by atoms with Crippen molar-refractivity contribution in [3.63, 3.8) is 0 Å². The van der Waals surface area contributed by atoms with Gasteiger partial charge in [0.25, 0.3) is 0 Å². The fraction of sp³-hybridized carbons (Fsp3) is 0.235. The molecule has 0 aliphatic heterocycles. The Morgan fingerprint density at radius 1 is 0.952 bits per heavy atom. The van der Waals surface area contributed by atoms with Crippen molar-refractivity contribution in [2.24, 2.45) is 0 Å². The molecule has 4 nitrogen and oxygen atoms in total. The average Bonchev–Trinajstić information content (AvgIpc) is 2.49. The quantitative estimate of drug-likeness (QED) is 0.820. The predicted octanol–water partition coefficient (Wildman–Crippen LogP) is 2.38. The van der Waals surface area contributed by atoms with E-state index < -0.39 is 5.97 Å². The van der Waals surface area contributed by atoms with Crippen LogP contribution in [-0.2, 0) is 13.1 Å². The fourth-order valence-corrected chi connectivity index (χ4v) is 2.30. The van der Waals surface area contributed by atoms with Crippen LogP contribution in [-0.4, -0.2) is 34.2 Å². The van der Waals surface area contributed by atoms with E-state index in [0.29, 0.717) is 25.2 Å². The number of carbonyl (C=O) groups is 1. The highest BCUT2D eigenvalue weighted by atomic mass is 16.4. The minimum Gasteiger partial charge on any atom is -0.478 e. The van der Waals surface area contributed by atoms with Gasteiger partial charge in [0.05, 0.1) is 12.2 Å². The summed E-state index contributed by atoms with van der Waals surface area (Å²) in [5.74, 6) is -0.922. The molecule has 0 heterocycles. The third kappa shape index (κ3) is 4.41. The zero-order valence-electron chi connectivity index (χ0n) is 11.8.